The molecule has 142 valence electrons. The number of ketones is 1. The smallest absolute Gasteiger partial charge is 0.214 e. The molecule has 6 rings (SSSR count). The summed E-state index contributed by atoms with van der Waals surface area (Å²) in [6.45, 7) is 0. The molecule has 0 saturated carbocycles. The average molecular weight is 408 g/mol. The fourth-order valence-electron chi connectivity index (χ4n) is 4.24. The molecule has 1 heterocycles. The molecule has 0 fully saturated rings. The summed E-state index contributed by atoms with van der Waals surface area (Å²) in [7, 11) is 0. The van der Waals surface area contributed by atoms with Gasteiger partial charge in [-0.1, -0.05) is 66.2 Å². The maximum absolute atomic E-state index is 13.2. The summed E-state index contributed by atoms with van der Waals surface area (Å²) in [4.78, 5) is 17.8. The fourth-order valence-corrected chi connectivity index (χ4v) is 4.55. The molecule has 0 unspecified atom stereocenters. The van der Waals surface area contributed by atoms with E-state index >= 15 is 0 Å². The first-order chi connectivity index (χ1) is 14.6. The van der Waals surface area contributed by atoms with Crippen molar-refractivity contribution in [1.82, 2.24) is 0 Å². The van der Waals surface area contributed by atoms with Crippen LogP contribution in [0.4, 0.5) is 5.69 Å². The number of hydrogen-bond acceptors (Lipinski definition) is 3. The molecule has 0 aliphatic carbocycles. The number of phenolic OH excluding ortho intramolecular Hbond substituents is 1. The van der Waals surface area contributed by atoms with Crippen LogP contribution in [0.15, 0.2) is 83.9 Å². The van der Waals surface area contributed by atoms with Gasteiger partial charge in [-0.05, 0) is 45.8 Å². The summed E-state index contributed by atoms with van der Waals surface area (Å²) in [6, 6.07) is 25.1. The number of carbonyl (C=O) groups excluding carboxylic acids is 1. The van der Waals surface area contributed by atoms with Crippen molar-refractivity contribution >= 4 is 61.1 Å². The molecule has 0 aromatic heterocycles. The Kier molecular flexibility index (Phi) is 3.53. The van der Waals surface area contributed by atoms with Crippen LogP contribution in [-0.4, -0.2) is 16.6 Å². The average Bonchev–Trinajstić information content (AvgIpc) is 3.10. The van der Waals surface area contributed by atoms with Crippen molar-refractivity contribution in [2.45, 2.75) is 0 Å². The Labute approximate surface area is 176 Å². The molecule has 3 nitrogen and oxygen atoms in total. The van der Waals surface area contributed by atoms with Gasteiger partial charge in [0.1, 0.15) is 11.5 Å². The molecule has 0 amide bonds. The third kappa shape index (κ3) is 2.33. The van der Waals surface area contributed by atoms with Crippen LogP contribution in [0.5, 0.6) is 5.75 Å². The Morgan fingerprint density at radius 2 is 1.37 bits per heavy atom. The Morgan fingerprint density at radius 3 is 2.17 bits per heavy atom. The van der Waals surface area contributed by atoms with E-state index in [9.17, 15) is 9.90 Å². The van der Waals surface area contributed by atoms with E-state index in [0.29, 0.717) is 27.2 Å². The number of hydrogen-bond donors (Lipinski definition) is 1. The zero-order valence-corrected chi connectivity index (χ0v) is 16.4. The lowest BCUT2D eigenvalue weighted by molar-refractivity contribution is 0.107. The van der Waals surface area contributed by atoms with Crippen molar-refractivity contribution in [2.75, 3.05) is 0 Å². The minimum Gasteiger partial charge on any atom is -0.507 e. The Morgan fingerprint density at radius 1 is 0.700 bits per heavy atom. The maximum Gasteiger partial charge on any atom is 0.214 e. The van der Waals surface area contributed by atoms with E-state index < -0.39 is 0 Å². The molecule has 0 saturated heterocycles. The van der Waals surface area contributed by atoms with Crippen molar-refractivity contribution < 1.29 is 9.90 Å². The minimum absolute atomic E-state index is 0.0545. The lowest BCUT2D eigenvalue weighted by Crippen LogP contribution is -2.11. The molecule has 30 heavy (non-hydrogen) atoms. The monoisotopic (exact) mass is 407 g/mol. The second-order valence-electron chi connectivity index (χ2n) is 7.48. The van der Waals surface area contributed by atoms with E-state index in [1.807, 2.05) is 72.8 Å². The SMILES string of the molecule is O=C1C(c2ccc3cc4ccccc4cc3c2O)=Nc2c1cc1ccccc1c2Cl. The molecule has 0 bridgehead atoms. The molecular formula is C26H14ClNO2. The minimum atomic E-state index is -0.229. The summed E-state index contributed by atoms with van der Waals surface area (Å²) in [6.07, 6.45) is 0. The van der Waals surface area contributed by atoms with Gasteiger partial charge in [-0.25, -0.2) is 4.99 Å². The maximum atomic E-state index is 13.2. The van der Waals surface area contributed by atoms with Gasteiger partial charge in [-0.3, -0.25) is 4.79 Å². The van der Waals surface area contributed by atoms with Crippen molar-refractivity contribution in [3.8, 4) is 5.75 Å². The molecule has 0 radical (unpaired) electrons. The van der Waals surface area contributed by atoms with Gasteiger partial charge in [-0.2, -0.15) is 0 Å². The lowest BCUT2D eigenvalue weighted by Gasteiger charge is -2.09. The van der Waals surface area contributed by atoms with E-state index in [4.69, 9.17) is 11.6 Å². The second kappa shape index (κ2) is 6.15. The largest absolute Gasteiger partial charge is 0.507 e. The molecule has 5 aromatic carbocycles. The molecule has 1 aliphatic rings. The van der Waals surface area contributed by atoms with E-state index in [1.54, 1.807) is 6.07 Å². The van der Waals surface area contributed by atoms with Crippen LogP contribution in [-0.2, 0) is 0 Å². The van der Waals surface area contributed by atoms with Gasteiger partial charge in [0.15, 0.2) is 0 Å². The van der Waals surface area contributed by atoms with Crippen LogP contribution < -0.4 is 0 Å². The van der Waals surface area contributed by atoms with Gasteiger partial charge in [0.25, 0.3) is 0 Å². The van der Waals surface area contributed by atoms with Crippen molar-refractivity contribution in [2.24, 2.45) is 4.99 Å². The van der Waals surface area contributed by atoms with Crippen LogP contribution in [0.25, 0.3) is 32.3 Å². The Hall–Kier alpha value is -3.69. The molecule has 5 aromatic rings. The predicted molar refractivity (Wildman–Crippen MR) is 123 cm³/mol. The van der Waals surface area contributed by atoms with Crippen LogP contribution in [0, 0.1) is 0 Å². The van der Waals surface area contributed by atoms with E-state index in [2.05, 4.69) is 4.99 Å². The summed E-state index contributed by atoms with van der Waals surface area (Å²) >= 11 is 6.58. The number of halogens is 1. The second-order valence-corrected chi connectivity index (χ2v) is 7.86. The van der Waals surface area contributed by atoms with Crippen LogP contribution in [0.1, 0.15) is 15.9 Å². The third-order valence-corrected chi connectivity index (χ3v) is 6.14. The first-order valence-electron chi connectivity index (χ1n) is 9.61. The molecule has 1 aliphatic heterocycles. The molecule has 0 atom stereocenters. The number of nitrogens with zero attached hydrogens (tertiary/aromatic N) is 1. The highest BCUT2D eigenvalue weighted by Gasteiger charge is 2.30. The highest BCUT2D eigenvalue weighted by molar-refractivity contribution is 6.57. The number of carbonyl (C=O) groups is 1. The number of phenols is 1. The van der Waals surface area contributed by atoms with Gasteiger partial charge in [0, 0.05) is 16.3 Å². The van der Waals surface area contributed by atoms with Gasteiger partial charge < -0.3 is 5.11 Å². The number of aliphatic imine (C=N–C) groups is 1. The molecular weight excluding hydrogens is 394 g/mol. The Bertz CT molecular complexity index is 1580. The zero-order chi connectivity index (χ0) is 20.4. The topological polar surface area (TPSA) is 49.7 Å². The Balaban J connectivity index is 1.58. The summed E-state index contributed by atoms with van der Waals surface area (Å²) in [5.74, 6) is -0.174. The molecule has 0 spiro atoms. The van der Waals surface area contributed by atoms with Gasteiger partial charge in [0.2, 0.25) is 5.78 Å². The van der Waals surface area contributed by atoms with E-state index in [-0.39, 0.29) is 17.2 Å². The number of rotatable bonds is 1. The normalized spacial score (nSPS) is 13.2. The number of Topliss-reactive ketones (excluding diaryl/α,β-unsaturated/α-hetero) is 1. The van der Waals surface area contributed by atoms with Crippen LogP contribution in [0.2, 0.25) is 5.02 Å². The fraction of sp³-hybridized carbons (Fsp3) is 0. The van der Waals surface area contributed by atoms with Crippen molar-refractivity contribution in [3.05, 3.63) is 95.0 Å². The standard InChI is InChI=1S/C26H14ClNO2/c27-22-18-8-4-3-7-16(18)13-21-23(22)28-24(26(21)30)19-10-9-17-11-14-5-1-2-6-15(14)12-20(17)25(19)29/h1-13,29H. The van der Waals surface area contributed by atoms with E-state index in [1.165, 1.54) is 0 Å². The highest BCUT2D eigenvalue weighted by atomic mass is 35.5. The van der Waals surface area contributed by atoms with Crippen molar-refractivity contribution in [1.29, 1.82) is 0 Å². The zero-order valence-electron chi connectivity index (χ0n) is 15.7. The third-order valence-electron chi connectivity index (χ3n) is 5.76. The van der Waals surface area contributed by atoms with E-state index in [0.717, 1.165) is 26.9 Å². The molecule has 1 N–H and O–H groups in total. The van der Waals surface area contributed by atoms with Crippen LogP contribution >= 0.6 is 11.6 Å². The lowest BCUT2D eigenvalue weighted by atomic mass is 9.96. The summed E-state index contributed by atoms with van der Waals surface area (Å²) in [5.41, 5.74) is 1.56. The van der Waals surface area contributed by atoms with Gasteiger partial charge in [-0.15, -0.1) is 0 Å². The van der Waals surface area contributed by atoms with Gasteiger partial charge >= 0.3 is 0 Å². The van der Waals surface area contributed by atoms with Gasteiger partial charge in [0.05, 0.1) is 16.3 Å². The quantitative estimate of drug-likeness (QED) is 0.310. The number of aromatic hydroxyl groups is 1. The van der Waals surface area contributed by atoms with Crippen molar-refractivity contribution in [3.63, 3.8) is 0 Å². The summed E-state index contributed by atoms with van der Waals surface area (Å²) in [5, 5.41) is 17.0. The highest BCUT2D eigenvalue weighted by Crippen LogP contribution is 2.42. The molecule has 4 heteroatoms. The van der Waals surface area contributed by atoms with Crippen LogP contribution in [0.3, 0.4) is 0 Å². The first kappa shape index (κ1) is 17.2. The first-order valence-corrected chi connectivity index (χ1v) is 9.99. The number of benzene rings is 5. The number of fused-ring (bicyclic) bond motifs is 4. The summed E-state index contributed by atoms with van der Waals surface area (Å²) < 4.78 is 0. The predicted octanol–water partition coefficient (Wildman–Crippen LogP) is 6.82.